The summed E-state index contributed by atoms with van der Waals surface area (Å²) in [7, 11) is 2.26. The number of carbonyl (C=O) groups excluding carboxylic acids is 1. The number of fused-ring (bicyclic) bond motifs is 1. The zero-order chi connectivity index (χ0) is 18.1. The molecule has 4 heteroatoms. The molecule has 0 bridgehead atoms. The first-order chi connectivity index (χ1) is 12.6. The first-order valence-corrected chi connectivity index (χ1v) is 10.0. The average molecular weight is 354 g/mol. The van der Waals surface area contributed by atoms with Crippen LogP contribution in [0.25, 0.3) is 0 Å². The predicted molar refractivity (Wildman–Crippen MR) is 105 cm³/mol. The van der Waals surface area contributed by atoms with Gasteiger partial charge in [0, 0.05) is 50.7 Å². The van der Waals surface area contributed by atoms with Gasteiger partial charge in [0.05, 0.1) is 0 Å². The fourth-order valence-corrected chi connectivity index (χ4v) is 5.18. The normalized spacial score (nSPS) is 28.3. The highest BCUT2D eigenvalue weighted by Gasteiger charge is 2.44. The van der Waals surface area contributed by atoms with E-state index in [1.807, 2.05) is 11.0 Å². The van der Waals surface area contributed by atoms with Crippen molar-refractivity contribution in [1.29, 1.82) is 0 Å². The molecule has 2 aliphatic heterocycles. The number of hydrogen-bond acceptors (Lipinski definition) is 3. The minimum atomic E-state index is 0.138. The summed E-state index contributed by atoms with van der Waals surface area (Å²) in [6.45, 7) is 8.68. The van der Waals surface area contributed by atoms with Crippen molar-refractivity contribution < 1.29 is 4.79 Å². The fraction of sp³-hybridized carbons (Fsp3) is 0.591. The monoisotopic (exact) mass is 353 g/mol. The molecule has 26 heavy (non-hydrogen) atoms. The van der Waals surface area contributed by atoms with Crippen molar-refractivity contribution in [1.82, 2.24) is 14.7 Å². The maximum Gasteiger partial charge on any atom is 0.222 e. The summed E-state index contributed by atoms with van der Waals surface area (Å²) in [6.07, 6.45) is 6.92. The van der Waals surface area contributed by atoms with E-state index in [1.165, 1.54) is 24.0 Å². The smallest absolute Gasteiger partial charge is 0.222 e. The van der Waals surface area contributed by atoms with Gasteiger partial charge in [-0.3, -0.25) is 14.6 Å². The van der Waals surface area contributed by atoms with Crippen LogP contribution in [0.3, 0.4) is 0 Å². The number of benzene rings is 1. The summed E-state index contributed by atoms with van der Waals surface area (Å²) in [6, 6.07) is 9.54. The average Bonchev–Trinajstić information content (AvgIpc) is 3.02. The van der Waals surface area contributed by atoms with E-state index in [2.05, 4.69) is 47.7 Å². The zero-order valence-corrected chi connectivity index (χ0v) is 16.0. The van der Waals surface area contributed by atoms with Crippen LogP contribution in [0.1, 0.15) is 30.4 Å². The quantitative estimate of drug-likeness (QED) is 0.781. The lowest BCUT2D eigenvalue weighted by atomic mass is 9.85. The topological polar surface area (TPSA) is 26.8 Å². The highest BCUT2D eigenvalue weighted by molar-refractivity contribution is 5.76. The van der Waals surface area contributed by atoms with Crippen LogP contribution >= 0.6 is 0 Å². The van der Waals surface area contributed by atoms with Gasteiger partial charge in [0.15, 0.2) is 0 Å². The van der Waals surface area contributed by atoms with E-state index < -0.39 is 0 Å². The predicted octanol–water partition coefficient (Wildman–Crippen LogP) is 2.34. The Morgan fingerprint density at radius 2 is 1.88 bits per heavy atom. The zero-order valence-electron chi connectivity index (χ0n) is 16.0. The Morgan fingerprint density at radius 1 is 1.15 bits per heavy atom. The third-order valence-electron chi connectivity index (χ3n) is 6.93. The van der Waals surface area contributed by atoms with Gasteiger partial charge in [-0.05, 0) is 43.9 Å². The lowest BCUT2D eigenvalue weighted by molar-refractivity contribution is -0.130. The molecule has 140 valence electrons. The summed E-state index contributed by atoms with van der Waals surface area (Å²) in [5, 5.41) is 0. The van der Waals surface area contributed by atoms with Crippen molar-refractivity contribution >= 4 is 5.91 Å². The minimum Gasteiger partial charge on any atom is -0.339 e. The standard InChI is InChI=1S/C22H31N3O/c1-3-11-24-12-10-22(9-8-21(24)26)17-25(14-13-23(22)2)20-15-18-6-4-5-7-19(18)16-20/h3-7,20H,1,8-17H2,2H3/t22-/m1/s1. The molecule has 1 aromatic rings. The summed E-state index contributed by atoms with van der Waals surface area (Å²) < 4.78 is 0. The Hall–Kier alpha value is -1.65. The molecule has 1 spiro atoms. The lowest BCUT2D eigenvalue weighted by Crippen LogP contribution is -2.63. The summed E-state index contributed by atoms with van der Waals surface area (Å²) >= 11 is 0. The van der Waals surface area contributed by atoms with Crippen LogP contribution in [0.15, 0.2) is 36.9 Å². The number of amides is 1. The Labute approximate surface area is 157 Å². The molecule has 1 amide bonds. The van der Waals surface area contributed by atoms with Gasteiger partial charge in [0.25, 0.3) is 0 Å². The van der Waals surface area contributed by atoms with Crippen LogP contribution in [0, 0.1) is 0 Å². The van der Waals surface area contributed by atoms with Gasteiger partial charge in [0.2, 0.25) is 5.91 Å². The first-order valence-electron chi connectivity index (χ1n) is 10.0. The highest BCUT2D eigenvalue weighted by Crippen LogP contribution is 2.35. The fourth-order valence-electron chi connectivity index (χ4n) is 5.18. The number of rotatable bonds is 3. The van der Waals surface area contributed by atoms with E-state index in [4.69, 9.17) is 0 Å². The van der Waals surface area contributed by atoms with Crippen LogP contribution in [0.2, 0.25) is 0 Å². The molecule has 2 fully saturated rings. The number of piperazine rings is 1. The van der Waals surface area contributed by atoms with Crippen LogP contribution in [0.4, 0.5) is 0 Å². The van der Waals surface area contributed by atoms with Crippen molar-refractivity contribution in [2.24, 2.45) is 0 Å². The molecule has 4 rings (SSSR count). The molecule has 0 aromatic heterocycles. The second-order valence-electron chi connectivity index (χ2n) is 8.33. The van der Waals surface area contributed by atoms with E-state index in [0.717, 1.165) is 39.0 Å². The van der Waals surface area contributed by atoms with Crippen LogP contribution in [0.5, 0.6) is 0 Å². The van der Waals surface area contributed by atoms with Gasteiger partial charge in [-0.1, -0.05) is 30.3 Å². The Bertz CT molecular complexity index is 663. The van der Waals surface area contributed by atoms with E-state index >= 15 is 0 Å². The van der Waals surface area contributed by atoms with E-state index in [9.17, 15) is 4.79 Å². The molecule has 0 saturated carbocycles. The summed E-state index contributed by atoms with van der Waals surface area (Å²) in [4.78, 5) is 19.7. The third-order valence-corrected chi connectivity index (χ3v) is 6.93. The largest absolute Gasteiger partial charge is 0.339 e. The van der Waals surface area contributed by atoms with E-state index in [1.54, 1.807) is 0 Å². The SMILES string of the molecule is C=CCN1CC[C@]2(CCC1=O)CN(C1Cc3ccccc3C1)CCN2C. The molecule has 3 aliphatic rings. The van der Waals surface area contributed by atoms with Gasteiger partial charge in [-0.2, -0.15) is 0 Å². The summed E-state index contributed by atoms with van der Waals surface area (Å²) in [5.41, 5.74) is 3.19. The Morgan fingerprint density at radius 3 is 2.58 bits per heavy atom. The van der Waals surface area contributed by atoms with Gasteiger partial charge in [-0.25, -0.2) is 0 Å². The Balaban J connectivity index is 1.48. The molecule has 0 unspecified atom stereocenters. The second-order valence-corrected chi connectivity index (χ2v) is 8.33. The van der Waals surface area contributed by atoms with Crippen molar-refractivity contribution in [3.8, 4) is 0 Å². The van der Waals surface area contributed by atoms with Crippen LogP contribution in [-0.4, -0.2) is 72.0 Å². The van der Waals surface area contributed by atoms with Crippen molar-refractivity contribution in [2.75, 3.05) is 39.8 Å². The van der Waals surface area contributed by atoms with Crippen LogP contribution < -0.4 is 0 Å². The van der Waals surface area contributed by atoms with E-state index in [-0.39, 0.29) is 5.54 Å². The molecule has 0 radical (unpaired) electrons. The van der Waals surface area contributed by atoms with Crippen molar-refractivity contribution in [2.45, 2.75) is 43.7 Å². The molecular formula is C22H31N3O. The molecule has 4 nitrogen and oxygen atoms in total. The molecule has 1 aromatic carbocycles. The summed E-state index contributed by atoms with van der Waals surface area (Å²) in [5.74, 6) is 0.292. The molecule has 1 aliphatic carbocycles. The van der Waals surface area contributed by atoms with Gasteiger partial charge in [0.1, 0.15) is 0 Å². The van der Waals surface area contributed by atoms with Crippen LogP contribution in [-0.2, 0) is 17.6 Å². The number of carbonyl (C=O) groups is 1. The van der Waals surface area contributed by atoms with Gasteiger partial charge in [-0.15, -0.1) is 6.58 Å². The third kappa shape index (κ3) is 3.21. The molecule has 2 saturated heterocycles. The van der Waals surface area contributed by atoms with Gasteiger partial charge < -0.3 is 4.90 Å². The molecule has 0 N–H and O–H groups in total. The minimum absolute atomic E-state index is 0.138. The second kappa shape index (κ2) is 7.16. The van der Waals surface area contributed by atoms with Gasteiger partial charge >= 0.3 is 0 Å². The number of nitrogens with zero attached hydrogens (tertiary/aromatic N) is 3. The highest BCUT2D eigenvalue weighted by atomic mass is 16.2. The van der Waals surface area contributed by atoms with Crippen molar-refractivity contribution in [3.63, 3.8) is 0 Å². The maximum absolute atomic E-state index is 12.5. The lowest BCUT2D eigenvalue weighted by Gasteiger charge is -2.51. The number of hydrogen-bond donors (Lipinski definition) is 0. The number of likely N-dealkylation sites (N-methyl/N-ethyl adjacent to an activating group) is 1. The molecule has 2 heterocycles. The number of likely N-dealkylation sites (tertiary alicyclic amines) is 1. The first kappa shape index (κ1) is 17.7. The Kier molecular flexibility index (Phi) is 4.89. The van der Waals surface area contributed by atoms with E-state index in [0.29, 0.717) is 24.9 Å². The molecule has 1 atom stereocenters. The van der Waals surface area contributed by atoms with Crippen molar-refractivity contribution in [3.05, 3.63) is 48.0 Å². The maximum atomic E-state index is 12.5. The molecular weight excluding hydrogens is 322 g/mol.